The molecule has 0 saturated heterocycles. The molecule has 0 spiro atoms. The Morgan fingerprint density at radius 3 is 2.81 bits per heavy atom. The highest BCUT2D eigenvalue weighted by molar-refractivity contribution is 9.10. The molecule has 0 radical (unpaired) electrons. The van der Waals surface area contributed by atoms with Crippen molar-refractivity contribution < 1.29 is 4.79 Å². The van der Waals surface area contributed by atoms with Crippen LogP contribution in [0.4, 0.5) is 11.4 Å². The fraction of sp³-hybridized carbons (Fsp3) is 0.188. The van der Waals surface area contributed by atoms with Crippen molar-refractivity contribution in [3.05, 3.63) is 57.5 Å². The molecule has 21 heavy (non-hydrogen) atoms. The molecule has 0 aliphatic rings. The van der Waals surface area contributed by atoms with Gasteiger partial charge in [0.15, 0.2) is 0 Å². The van der Waals surface area contributed by atoms with Gasteiger partial charge in [-0.15, -0.1) is 0 Å². The Bertz CT molecular complexity index is 646. The minimum atomic E-state index is -0.0275. The second kappa shape index (κ2) is 7.48. The summed E-state index contributed by atoms with van der Waals surface area (Å²) in [5.41, 5.74) is 2.85. The van der Waals surface area contributed by atoms with Crippen LogP contribution in [0.2, 0.25) is 5.02 Å². The van der Waals surface area contributed by atoms with Gasteiger partial charge in [0.25, 0.3) is 0 Å². The van der Waals surface area contributed by atoms with Gasteiger partial charge in [0.05, 0.1) is 0 Å². The maximum Gasteiger partial charge on any atom is 0.226 e. The minimum Gasteiger partial charge on any atom is -0.384 e. The molecule has 2 N–H and O–H groups in total. The van der Waals surface area contributed by atoms with E-state index >= 15 is 0 Å². The van der Waals surface area contributed by atoms with E-state index in [4.69, 9.17) is 11.6 Å². The van der Waals surface area contributed by atoms with Crippen molar-refractivity contribution in [3.63, 3.8) is 0 Å². The normalized spacial score (nSPS) is 10.2. The Kier molecular flexibility index (Phi) is 5.65. The highest BCUT2D eigenvalue weighted by atomic mass is 79.9. The van der Waals surface area contributed by atoms with Crippen LogP contribution in [0.25, 0.3) is 0 Å². The van der Waals surface area contributed by atoms with Gasteiger partial charge in [-0.05, 0) is 42.8 Å². The number of benzene rings is 2. The van der Waals surface area contributed by atoms with Crippen LogP contribution in [0.5, 0.6) is 0 Å². The Morgan fingerprint density at radius 2 is 2.05 bits per heavy atom. The highest BCUT2D eigenvalue weighted by Gasteiger charge is 2.04. The number of hydrogen-bond donors (Lipinski definition) is 2. The van der Waals surface area contributed by atoms with E-state index in [1.165, 1.54) is 0 Å². The van der Waals surface area contributed by atoms with Crippen LogP contribution in [-0.2, 0) is 4.79 Å². The van der Waals surface area contributed by atoms with Crippen LogP contribution >= 0.6 is 27.5 Å². The van der Waals surface area contributed by atoms with Crippen LogP contribution in [-0.4, -0.2) is 12.5 Å². The number of anilines is 2. The Morgan fingerprint density at radius 1 is 1.24 bits per heavy atom. The van der Waals surface area contributed by atoms with Gasteiger partial charge in [-0.2, -0.15) is 0 Å². The molecule has 0 aliphatic carbocycles. The number of halogens is 2. The maximum absolute atomic E-state index is 11.9. The van der Waals surface area contributed by atoms with Gasteiger partial charge in [0, 0.05) is 33.8 Å². The Hall–Kier alpha value is -1.52. The number of aryl methyl sites for hydroxylation is 1. The summed E-state index contributed by atoms with van der Waals surface area (Å²) < 4.78 is 0.938. The van der Waals surface area contributed by atoms with E-state index in [1.54, 1.807) is 0 Å². The molecule has 0 aromatic heterocycles. The van der Waals surface area contributed by atoms with E-state index in [2.05, 4.69) is 26.6 Å². The van der Waals surface area contributed by atoms with Crippen molar-refractivity contribution in [2.24, 2.45) is 0 Å². The molecule has 0 fully saturated rings. The van der Waals surface area contributed by atoms with E-state index in [9.17, 15) is 4.79 Å². The van der Waals surface area contributed by atoms with Gasteiger partial charge in [-0.1, -0.05) is 39.7 Å². The summed E-state index contributed by atoms with van der Waals surface area (Å²) >= 11 is 9.33. The number of carbonyl (C=O) groups is 1. The lowest BCUT2D eigenvalue weighted by Gasteiger charge is -2.10. The van der Waals surface area contributed by atoms with Gasteiger partial charge in [0.1, 0.15) is 0 Å². The number of nitrogens with one attached hydrogen (secondary N) is 2. The van der Waals surface area contributed by atoms with Crippen molar-refractivity contribution in [2.45, 2.75) is 13.3 Å². The fourth-order valence-corrected chi connectivity index (χ4v) is 2.46. The molecule has 2 rings (SSSR count). The third-order valence-electron chi connectivity index (χ3n) is 2.98. The van der Waals surface area contributed by atoms with E-state index in [0.29, 0.717) is 18.0 Å². The van der Waals surface area contributed by atoms with Crippen molar-refractivity contribution in [2.75, 3.05) is 17.2 Å². The molecular weight excluding hydrogens is 352 g/mol. The van der Waals surface area contributed by atoms with Crippen molar-refractivity contribution in [3.8, 4) is 0 Å². The molecule has 1 amide bonds. The molecule has 2 aromatic rings. The summed E-state index contributed by atoms with van der Waals surface area (Å²) in [5, 5.41) is 6.77. The first-order valence-electron chi connectivity index (χ1n) is 6.60. The van der Waals surface area contributed by atoms with Gasteiger partial charge in [-0.3, -0.25) is 4.79 Å². The van der Waals surface area contributed by atoms with Gasteiger partial charge in [-0.25, -0.2) is 0 Å². The monoisotopic (exact) mass is 366 g/mol. The number of hydrogen-bond acceptors (Lipinski definition) is 2. The molecule has 2 aromatic carbocycles. The molecule has 110 valence electrons. The standard InChI is InChI=1S/C16H16BrClN2O/c1-11-5-6-13(18)10-15(11)19-8-7-16(21)20-14-4-2-3-12(17)9-14/h2-6,9-10,19H,7-8H2,1H3,(H,20,21). The predicted molar refractivity (Wildman–Crippen MR) is 92.1 cm³/mol. The molecule has 0 saturated carbocycles. The molecule has 0 aliphatic heterocycles. The lowest BCUT2D eigenvalue weighted by atomic mass is 10.2. The minimum absolute atomic E-state index is 0.0275. The summed E-state index contributed by atoms with van der Waals surface area (Å²) in [6.07, 6.45) is 0.387. The van der Waals surface area contributed by atoms with E-state index < -0.39 is 0 Å². The zero-order chi connectivity index (χ0) is 15.2. The van der Waals surface area contributed by atoms with Crippen LogP contribution < -0.4 is 10.6 Å². The third-order valence-corrected chi connectivity index (χ3v) is 3.70. The number of carbonyl (C=O) groups excluding carboxylic acids is 1. The van der Waals surface area contributed by atoms with Crippen LogP contribution in [0.15, 0.2) is 46.9 Å². The van der Waals surface area contributed by atoms with Crippen molar-refractivity contribution in [1.82, 2.24) is 0 Å². The molecule has 0 bridgehead atoms. The average molecular weight is 368 g/mol. The van der Waals surface area contributed by atoms with E-state index in [0.717, 1.165) is 21.4 Å². The van der Waals surface area contributed by atoms with E-state index in [-0.39, 0.29) is 5.91 Å². The first-order valence-corrected chi connectivity index (χ1v) is 7.77. The molecule has 0 atom stereocenters. The maximum atomic E-state index is 11.9. The lowest BCUT2D eigenvalue weighted by Crippen LogP contribution is -2.16. The molecule has 3 nitrogen and oxygen atoms in total. The van der Waals surface area contributed by atoms with Crippen molar-refractivity contribution >= 4 is 44.8 Å². The predicted octanol–water partition coefficient (Wildman–Crippen LogP) is 4.85. The lowest BCUT2D eigenvalue weighted by molar-refractivity contribution is -0.115. The molecule has 0 unspecified atom stereocenters. The summed E-state index contributed by atoms with van der Waals surface area (Å²) in [6, 6.07) is 13.2. The van der Waals surface area contributed by atoms with Crippen LogP contribution in [0.3, 0.4) is 0 Å². The zero-order valence-corrected chi connectivity index (χ0v) is 14.0. The summed E-state index contributed by atoms with van der Waals surface area (Å²) in [6.45, 7) is 2.56. The second-order valence-corrected chi connectivity index (χ2v) is 6.05. The Labute approximate surface area is 137 Å². The highest BCUT2D eigenvalue weighted by Crippen LogP contribution is 2.20. The summed E-state index contributed by atoms with van der Waals surface area (Å²) in [7, 11) is 0. The van der Waals surface area contributed by atoms with E-state index in [1.807, 2.05) is 49.4 Å². The van der Waals surface area contributed by atoms with Gasteiger partial charge < -0.3 is 10.6 Å². The molecule has 5 heteroatoms. The second-order valence-electron chi connectivity index (χ2n) is 4.69. The molecular formula is C16H16BrClN2O. The first kappa shape index (κ1) is 15.9. The zero-order valence-electron chi connectivity index (χ0n) is 11.6. The fourth-order valence-electron chi connectivity index (χ4n) is 1.89. The third kappa shape index (κ3) is 5.06. The summed E-state index contributed by atoms with van der Waals surface area (Å²) in [4.78, 5) is 11.9. The smallest absolute Gasteiger partial charge is 0.226 e. The number of rotatable bonds is 5. The van der Waals surface area contributed by atoms with Crippen molar-refractivity contribution in [1.29, 1.82) is 0 Å². The average Bonchev–Trinajstić information content (AvgIpc) is 2.42. The summed E-state index contributed by atoms with van der Waals surface area (Å²) in [5.74, 6) is -0.0275. The van der Waals surface area contributed by atoms with Gasteiger partial charge in [0.2, 0.25) is 5.91 Å². The Balaban J connectivity index is 1.83. The largest absolute Gasteiger partial charge is 0.384 e. The molecule has 0 heterocycles. The van der Waals surface area contributed by atoms with Crippen LogP contribution in [0.1, 0.15) is 12.0 Å². The topological polar surface area (TPSA) is 41.1 Å². The quantitative estimate of drug-likeness (QED) is 0.793. The van der Waals surface area contributed by atoms with Gasteiger partial charge >= 0.3 is 0 Å². The SMILES string of the molecule is Cc1ccc(Cl)cc1NCCC(=O)Nc1cccc(Br)c1. The van der Waals surface area contributed by atoms with Crippen LogP contribution in [0, 0.1) is 6.92 Å². The first-order chi connectivity index (χ1) is 10.0. The number of amides is 1.